The van der Waals surface area contributed by atoms with E-state index in [0.717, 1.165) is 5.56 Å². The second-order valence-electron chi connectivity index (χ2n) is 7.66. The first kappa shape index (κ1) is 19.3. The van der Waals surface area contributed by atoms with E-state index in [-0.39, 0.29) is 24.8 Å². The summed E-state index contributed by atoms with van der Waals surface area (Å²) in [4.78, 5) is 39.5. The van der Waals surface area contributed by atoms with Gasteiger partial charge >= 0.3 is 0 Å². The van der Waals surface area contributed by atoms with E-state index in [1.165, 1.54) is 4.90 Å². The summed E-state index contributed by atoms with van der Waals surface area (Å²) in [5, 5.41) is 7.91. The van der Waals surface area contributed by atoms with Crippen molar-refractivity contribution in [3.8, 4) is 0 Å². The second kappa shape index (κ2) is 6.95. The van der Waals surface area contributed by atoms with Gasteiger partial charge in [-0.15, -0.1) is 0 Å². The number of halogens is 1. The molecule has 3 aromatic rings. The van der Waals surface area contributed by atoms with Gasteiger partial charge in [0.25, 0.3) is 0 Å². The molecule has 3 N–H and O–H groups in total. The first-order valence-corrected chi connectivity index (χ1v) is 10.1. The lowest BCUT2D eigenvalue weighted by Crippen LogP contribution is -2.48. The van der Waals surface area contributed by atoms with Crippen molar-refractivity contribution in [1.29, 1.82) is 0 Å². The average Bonchev–Trinajstić information content (AvgIpc) is 3.23. The fourth-order valence-corrected chi connectivity index (χ4v) is 4.71. The fraction of sp³-hybridized carbons (Fsp3) is 0.182. The van der Waals surface area contributed by atoms with Crippen LogP contribution in [0, 0.1) is 0 Å². The third kappa shape index (κ3) is 2.83. The molecule has 0 fully saturated rings. The van der Waals surface area contributed by atoms with E-state index in [0.29, 0.717) is 34.2 Å². The largest absolute Gasteiger partial charge is 0.368 e. The van der Waals surface area contributed by atoms with Crippen molar-refractivity contribution < 1.29 is 14.4 Å². The number of fused-ring (bicyclic) bond motifs is 4. The standard InChI is InChI=1S/C22H18ClN5O3/c23-16-7-3-1-5-13(16)11-28-20-15(10-25-28)22(9-19(30)26-20)14-6-2-4-8-17(14)27(21(22)31)12-18(24)29/h1-8,10H,9,11-12H2,(H2,24,29)(H,26,30)/t22-/m0/s1. The van der Waals surface area contributed by atoms with Gasteiger partial charge in [-0.2, -0.15) is 5.10 Å². The molecule has 0 unspecified atom stereocenters. The minimum absolute atomic E-state index is 0.0805. The molecule has 1 aromatic heterocycles. The Labute approximate surface area is 182 Å². The van der Waals surface area contributed by atoms with Crippen LogP contribution < -0.4 is 16.0 Å². The zero-order valence-corrected chi connectivity index (χ0v) is 17.1. The van der Waals surface area contributed by atoms with Crippen LogP contribution in [0.4, 0.5) is 11.5 Å². The summed E-state index contributed by atoms with van der Waals surface area (Å²) in [6.45, 7) is 0.0640. The number of benzene rings is 2. The third-order valence-corrected chi connectivity index (χ3v) is 6.21. The summed E-state index contributed by atoms with van der Waals surface area (Å²) in [6, 6.07) is 14.5. The number of nitrogens with zero attached hydrogens (tertiary/aromatic N) is 3. The molecule has 2 aromatic carbocycles. The lowest BCUT2D eigenvalue weighted by atomic mass is 9.72. The Morgan fingerprint density at radius 3 is 2.65 bits per heavy atom. The van der Waals surface area contributed by atoms with E-state index in [1.807, 2.05) is 30.3 Å². The van der Waals surface area contributed by atoms with Gasteiger partial charge in [-0.25, -0.2) is 4.68 Å². The van der Waals surface area contributed by atoms with Gasteiger partial charge in [0.05, 0.1) is 12.7 Å². The Hall–Kier alpha value is -3.65. The van der Waals surface area contributed by atoms with Gasteiger partial charge in [0.1, 0.15) is 17.8 Å². The van der Waals surface area contributed by atoms with Crippen LogP contribution in [0.25, 0.3) is 0 Å². The van der Waals surface area contributed by atoms with E-state index < -0.39 is 11.3 Å². The van der Waals surface area contributed by atoms with Crippen molar-refractivity contribution >= 4 is 40.8 Å². The topological polar surface area (TPSA) is 110 Å². The molecular weight excluding hydrogens is 418 g/mol. The number of aromatic nitrogens is 2. The number of hydrogen-bond donors (Lipinski definition) is 2. The monoisotopic (exact) mass is 435 g/mol. The molecule has 3 heterocycles. The highest BCUT2D eigenvalue weighted by atomic mass is 35.5. The second-order valence-corrected chi connectivity index (χ2v) is 8.07. The Morgan fingerprint density at radius 1 is 1.13 bits per heavy atom. The first-order valence-electron chi connectivity index (χ1n) is 9.71. The van der Waals surface area contributed by atoms with E-state index in [9.17, 15) is 14.4 Å². The summed E-state index contributed by atoms with van der Waals surface area (Å²) in [7, 11) is 0. The molecule has 1 spiro atoms. The quantitative estimate of drug-likeness (QED) is 0.653. The number of primary amides is 1. The van der Waals surface area contributed by atoms with Crippen molar-refractivity contribution in [1.82, 2.24) is 9.78 Å². The Balaban J connectivity index is 1.67. The number of nitrogens with one attached hydrogen (secondary N) is 1. The highest BCUT2D eigenvalue weighted by molar-refractivity contribution is 6.31. The van der Waals surface area contributed by atoms with Gasteiger partial charge < -0.3 is 16.0 Å². The summed E-state index contributed by atoms with van der Waals surface area (Å²) < 4.78 is 1.63. The number of carbonyl (C=O) groups excluding carboxylic acids is 3. The van der Waals surface area contributed by atoms with Gasteiger partial charge in [-0.1, -0.05) is 48.0 Å². The van der Waals surface area contributed by atoms with Gasteiger partial charge in [-0.05, 0) is 23.3 Å². The third-order valence-electron chi connectivity index (χ3n) is 5.84. The number of carbonyl (C=O) groups is 3. The zero-order chi connectivity index (χ0) is 21.8. The van der Waals surface area contributed by atoms with Crippen LogP contribution in [-0.4, -0.2) is 34.0 Å². The van der Waals surface area contributed by atoms with E-state index in [2.05, 4.69) is 10.4 Å². The van der Waals surface area contributed by atoms with Crippen LogP contribution >= 0.6 is 11.6 Å². The van der Waals surface area contributed by atoms with Gasteiger partial charge in [-0.3, -0.25) is 14.4 Å². The minimum atomic E-state index is -1.26. The van der Waals surface area contributed by atoms with Crippen molar-refractivity contribution in [3.05, 3.63) is 76.4 Å². The highest BCUT2D eigenvalue weighted by Gasteiger charge is 2.57. The maximum atomic E-state index is 13.7. The summed E-state index contributed by atoms with van der Waals surface area (Å²) in [5.74, 6) is -0.853. The van der Waals surface area contributed by atoms with E-state index >= 15 is 0 Å². The number of hydrogen-bond acceptors (Lipinski definition) is 4. The molecule has 0 saturated heterocycles. The molecule has 0 bridgehead atoms. The zero-order valence-electron chi connectivity index (χ0n) is 16.3. The predicted octanol–water partition coefficient (Wildman–Crippen LogP) is 2.05. The molecule has 5 rings (SSSR count). The van der Waals surface area contributed by atoms with Crippen molar-refractivity contribution in [3.63, 3.8) is 0 Å². The van der Waals surface area contributed by atoms with Crippen molar-refractivity contribution in [2.75, 3.05) is 16.8 Å². The summed E-state index contributed by atoms with van der Waals surface area (Å²) >= 11 is 6.30. The van der Waals surface area contributed by atoms with Crippen LogP contribution in [0.15, 0.2) is 54.7 Å². The first-order chi connectivity index (χ1) is 14.9. The van der Waals surface area contributed by atoms with E-state index in [4.69, 9.17) is 17.3 Å². The maximum Gasteiger partial charge on any atom is 0.243 e. The van der Waals surface area contributed by atoms with E-state index in [1.54, 1.807) is 29.1 Å². The van der Waals surface area contributed by atoms with Crippen LogP contribution in [0.1, 0.15) is 23.1 Å². The Bertz CT molecular complexity index is 1250. The van der Waals surface area contributed by atoms with Gasteiger partial charge in [0.2, 0.25) is 17.7 Å². The number of para-hydroxylation sites is 1. The maximum absolute atomic E-state index is 13.7. The molecule has 0 saturated carbocycles. The highest BCUT2D eigenvalue weighted by Crippen LogP contribution is 2.52. The molecule has 8 nitrogen and oxygen atoms in total. The van der Waals surface area contributed by atoms with Crippen LogP contribution in [0.2, 0.25) is 5.02 Å². The average molecular weight is 436 g/mol. The molecule has 31 heavy (non-hydrogen) atoms. The minimum Gasteiger partial charge on any atom is -0.368 e. The number of anilines is 2. The van der Waals surface area contributed by atoms with Gasteiger partial charge in [0, 0.05) is 22.7 Å². The fourth-order valence-electron chi connectivity index (χ4n) is 4.52. The molecule has 3 amide bonds. The lowest BCUT2D eigenvalue weighted by molar-refractivity contribution is -0.127. The summed E-state index contributed by atoms with van der Waals surface area (Å²) in [6.07, 6.45) is 1.52. The normalized spacial score (nSPS) is 19.3. The number of nitrogens with two attached hydrogens (primary N) is 1. The summed E-state index contributed by atoms with van der Waals surface area (Å²) in [5.41, 5.74) is 6.79. The molecule has 9 heteroatoms. The lowest BCUT2D eigenvalue weighted by Gasteiger charge is -2.32. The van der Waals surface area contributed by atoms with Crippen LogP contribution in [-0.2, 0) is 26.3 Å². The SMILES string of the molecule is NC(=O)CN1C(=O)[C@@]2(CC(=O)Nc3c2cnn3Cc2ccccc2Cl)c2ccccc21. The molecule has 2 aliphatic rings. The molecule has 2 aliphatic heterocycles. The van der Waals surface area contributed by atoms with Crippen molar-refractivity contribution in [2.45, 2.75) is 18.4 Å². The van der Waals surface area contributed by atoms with Gasteiger partial charge in [0.15, 0.2) is 0 Å². The molecule has 1 atom stereocenters. The predicted molar refractivity (Wildman–Crippen MR) is 115 cm³/mol. The Kier molecular flexibility index (Phi) is 4.33. The number of rotatable bonds is 4. The Morgan fingerprint density at radius 2 is 1.87 bits per heavy atom. The molecular formula is C22H18ClN5O3. The molecule has 0 radical (unpaired) electrons. The molecule has 156 valence electrons. The van der Waals surface area contributed by atoms with Crippen LogP contribution in [0.5, 0.6) is 0 Å². The van der Waals surface area contributed by atoms with Crippen molar-refractivity contribution in [2.24, 2.45) is 5.73 Å². The molecule has 0 aliphatic carbocycles. The number of amides is 3. The van der Waals surface area contributed by atoms with Crippen LogP contribution in [0.3, 0.4) is 0 Å². The smallest absolute Gasteiger partial charge is 0.243 e.